The van der Waals surface area contributed by atoms with Crippen LogP contribution in [0, 0.1) is 0 Å². The number of rotatable bonds is 6. The van der Waals surface area contributed by atoms with Crippen LogP contribution in [0.3, 0.4) is 0 Å². The molecule has 0 spiro atoms. The fourth-order valence-electron chi connectivity index (χ4n) is 3.04. The first-order chi connectivity index (χ1) is 10.2. The quantitative estimate of drug-likeness (QED) is 0.550. The van der Waals surface area contributed by atoms with Crippen LogP contribution in [0.1, 0.15) is 60.7 Å². The van der Waals surface area contributed by atoms with Crippen molar-refractivity contribution in [3.63, 3.8) is 0 Å². The van der Waals surface area contributed by atoms with Gasteiger partial charge in [-0.2, -0.15) is 0 Å². The molecule has 0 heterocycles. The molecule has 0 amide bonds. The largest absolute Gasteiger partial charge is 0.117 e. The van der Waals surface area contributed by atoms with Crippen molar-refractivity contribution in [2.75, 3.05) is 0 Å². The molecule has 0 fully saturated rings. The number of halogens is 1. The molecule has 0 nitrogen and oxygen atoms in total. The van der Waals surface area contributed by atoms with Crippen molar-refractivity contribution in [1.82, 2.24) is 0 Å². The molecule has 2 atom stereocenters. The van der Waals surface area contributed by atoms with Gasteiger partial charge in [0.05, 0.1) is 5.38 Å². The first-order valence-corrected chi connectivity index (χ1v) is 8.45. The molecule has 2 aromatic carbocycles. The molecule has 2 rings (SSSR count). The van der Waals surface area contributed by atoms with Crippen LogP contribution in [0.2, 0.25) is 0 Å². The van der Waals surface area contributed by atoms with Crippen LogP contribution >= 0.6 is 11.6 Å². The van der Waals surface area contributed by atoms with Gasteiger partial charge in [0.15, 0.2) is 0 Å². The molecule has 1 heteroatoms. The Morgan fingerprint density at radius 2 is 1.48 bits per heavy atom. The Kier molecular flexibility index (Phi) is 5.87. The summed E-state index contributed by atoms with van der Waals surface area (Å²) >= 11 is 6.83. The van der Waals surface area contributed by atoms with Gasteiger partial charge < -0.3 is 0 Å². The lowest BCUT2D eigenvalue weighted by atomic mass is 9.88. The van der Waals surface area contributed by atoms with Crippen LogP contribution < -0.4 is 0 Å². The maximum atomic E-state index is 6.83. The zero-order valence-corrected chi connectivity index (χ0v) is 14.0. The molecule has 0 saturated heterocycles. The third-order valence-electron chi connectivity index (χ3n) is 4.33. The van der Waals surface area contributed by atoms with Gasteiger partial charge in [0, 0.05) is 5.92 Å². The van der Waals surface area contributed by atoms with E-state index in [1.807, 2.05) is 0 Å². The van der Waals surface area contributed by atoms with Gasteiger partial charge in [-0.05, 0) is 41.5 Å². The van der Waals surface area contributed by atoms with Gasteiger partial charge in [0.25, 0.3) is 0 Å². The topological polar surface area (TPSA) is 0 Å². The molecule has 0 saturated carbocycles. The van der Waals surface area contributed by atoms with Gasteiger partial charge >= 0.3 is 0 Å². The average molecular weight is 301 g/mol. The molecular weight excluding hydrogens is 276 g/mol. The van der Waals surface area contributed by atoms with Crippen LogP contribution in [0.4, 0.5) is 0 Å². The van der Waals surface area contributed by atoms with Crippen molar-refractivity contribution in [3.8, 4) is 0 Å². The van der Waals surface area contributed by atoms with Crippen molar-refractivity contribution >= 4 is 11.6 Å². The van der Waals surface area contributed by atoms with Crippen molar-refractivity contribution < 1.29 is 0 Å². The highest BCUT2D eigenvalue weighted by Crippen LogP contribution is 2.39. The summed E-state index contributed by atoms with van der Waals surface area (Å²) in [5, 5.41) is 0.0357. The summed E-state index contributed by atoms with van der Waals surface area (Å²) in [6.45, 7) is 6.65. The number of benzene rings is 2. The Hall–Kier alpha value is -1.27. The molecule has 2 unspecified atom stereocenters. The first-order valence-electron chi connectivity index (χ1n) is 8.01. The Balaban J connectivity index is 2.31. The van der Waals surface area contributed by atoms with Gasteiger partial charge in [-0.1, -0.05) is 69.3 Å². The van der Waals surface area contributed by atoms with Crippen molar-refractivity contribution in [2.45, 2.75) is 51.3 Å². The Labute approximate surface area is 134 Å². The normalized spacial score (nSPS) is 13.9. The van der Waals surface area contributed by atoms with Gasteiger partial charge in [0.1, 0.15) is 0 Å². The summed E-state index contributed by atoms with van der Waals surface area (Å²) in [7, 11) is 0. The van der Waals surface area contributed by atoms with Crippen LogP contribution in [0.5, 0.6) is 0 Å². The number of aryl methyl sites for hydroxylation is 2. The summed E-state index contributed by atoms with van der Waals surface area (Å²) in [5.74, 6) is 0.366. The molecule has 0 aliphatic rings. The lowest BCUT2D eigenvalue weighted by Crippen LogP contribution is -2.06. The van der Waals surface area contributed by atoms with E-state index in [-0.39, 0.29) is 5.38 Å². The molecule has 0 bridgehead atoms. The summed E-state index contributed by atoms with van der Waals surface area (Å²) in [4.78, 5) is 0. The van der Waals surface area contributed by atoms with Crippen LogP contribution in [0.25, 0.3) is 0 Å². The zero-order valence-electron chi connectivity index (χ0n) is 13.3. The molecule has 21 heavy (non-hydrogen) atoms. The standard InChI is InChI=1S/C20H25Cl/c1-4-15-12-13-18(14-16(15)5-2)20(21)19(6-3)17-10-8-7-9-11-17/h7-14,19-20H,4-6H2,1-3H3. The van der Waals surface area contributed by atoms with E-state index in [4.69, 9.17) is 11.6 Å². The Morgan fingerprint density at radius 3 is 2.05 bits per heavy atom. The summed E-state index contributed by atoms with van der Waals surface area (Å²) in [6.07, 6.45) is 3.21. The number of alkyl halides is 1. The number of hydrogen-bond donors (Lipinski definition) is 0. The smallest absolute Gasteiger partial charge is 0.0653 e. The molecule has 0 aliphatic carbocycles. The molecule has 112 valence electrons. The summed E-state index contributed by atoms with van der Waals surface area (Å²) < 4.78 is 0. The fraction of sp³-hybridized carbons (Fsp3) is 0.400. The molecule has 0 aromatic heterocycles. The second-order valence-corrected chi connectivity index (χ2v) is 6.03. The number of hydrogen-bond acceptors (Lipinski definition) is 0. The van der Waals surface area contributed by atoms with Crippen LogP contribution in [0.15, 0.2) is 48.5 Å². The van der Waals surface area contributed by atoms with Crippen LogP contribution in [-0.4, -0.2) is 0 Å². The van der Waals surface area contributed by atoms with Crippen molar-refractivity contribution in [2.24, 2.45) is 0 Å². The van der Waals surface area contributed by atoms with Crippen LogP contribution in [-0.2, 0) is 12.8 Å². The first kappa shape index (κ1) is 16.1. The zero-order chi connectivity index (χ0) is 15.2. The lowest BCUT2D eigenvalue weighted by molar-refractivity contribution is 0.639. The second-order valence-electron chi connectivity index (χ2n) is 5.56. The summed E-state index contributed by atoms with van der Waals surface area (Å²) in [6, 6.07) is 17.4. The summed E-state index contributed by atoms with van der Waals surface area (Å²) in [5.41, 5.74) is 5.46. The van der Waals surface area contributed by atoms with E-state index in [0.29, 0.717) is 5.92 Å². The van der Waals surface area contributed by atoms with Crippen molar-refractivity contribution in [3.05, 3.63) is 70.8 Å². The van der Waals surface area contributed by atoms with Gasteiger partial charge in [-0.15, -0.1) is 11.6 Å². The molecule has 0 N–H and O–H groups in total. The Bertz CT molecular complexity index is 559. The van der Waals surface area contributed by atoms with E-state index in [0.717, 1.165) is 19.3 Å². The van der Waals surface area contributed by atoms with Gasteiger partial charge in [0.2, 0.25) is 0 Å². The van der Waals surface area contributed by atoms with Crippen molar-refractivity contribution in [1.29, 1.82) is 0 Å². The van der Waals surface area contributed by atoms with E-state index in [1.165, 1.54) is 22.3 Å². The minimum absolute atomic E-state index is 0.0357. The minimum atomic E-state index is 0.0357. The molecule has 2 aromatic rings. The SMILES string of the molecule is CCc1ccc(C(Cl)C(CC)c2ccccc2)cc1CC. The highest BCUT2D eigenvalue weighted by molar-refractivity contribution is 6.21. The highest BCUT2D eigenvalue weighted by atomic mass is 35.5. The maximum absolute atomic E-state index is 6.83. The molecular formula is C20H25Cl. The lowest BCUT2D eigenvalue weighted by Gasteiger charge is -2.23. The van der Waals surface area contributed by atoms with E-state index in [9.17, 15) is 0 Å². The van der Waals surface area contributed by atoms with E-state index < -0.39 is 0 Å². The monoisotopic (exact) mass is 300 g/mol. The fourth-order valence-corrected chi connectivity index (χ4v) is 3.49. The third-order valence-corrected chi connectivity index (χ3v) is 4.89. The predicted octanol–water partition coefficient (Wildman–Crippen LogP) is 6.29. The Morgan fingerprint density at radius 1 is 0.810 bits per heavy atom. The van der Waals surface area contributed by atoms with Gasteiger partial charge in [-0.3, -0.25) is 0 Å². The maximum Gasteiger partial charge on any atom is 0.0653 e. The minimum Gasteiger partial charge on any atom is -0.117 e. The van der Waals surface area contributed by atoms with E-state index in [2.05, 4.69) is 69.3 Å². The second kappa shape index (κ2) is 7.66. The highest BCUT2D eigenvalue weighted by Gasteiger charge is 2.21. The van der Waals surface area contributed by atoms with E-state index in [1.54, 1.807) is 0 Å². The predicted molar refractivity (Wildman–Crippen MR) is 93.3 cm³/mol. The molecule has 0 aliphatic heterocycles. The van der Waals surface area contributed by atoms with E-state index >= 15 is 0 Å². The van der Waals surface area contributed by atoms with Gasteiger partial charge in [-0.25, -0.2) is 0 Å². The molecule has 0 radical (unpaired) electrons. The third kappa shape index (κ3) is 3.68. The average Bonchev–Trinajstić information content (AvgIpc) is 2.55.